The van der Waals surface area contributed by atoms with Gasteiger partial charge in [-0.2, -0.15) is 0 Å². The first-order valence-electron chi connectivity index (χ1n) is 6.58. The van der Waals surface area contributed by atoms with E-state index in [-0.39, 0.29) is 18.3 Å². The van der Waals surface area contributed by atoms with Crippen molar-refractivity contribution in [3.8, 4) is 0 Å². The first kappa shape index (κ1) is 16.0. The molecule has 2 rings (SSSR count). The molecule has 1 aromatic carbocycles. The summed E-state index contributed by atoms with van der Waals surface area (Å²) in [6.07, 6.45) is 2.89. The normalized spacial score (nSPS) is 18.9. The summed E-state index contributed by atoms with van der Waals surface area (Å²) >= 11 is 0. The number of benzene rings is 1. The van der Waals surface area contributed by atoms with Crippen LogP contribution in [0.1, 0.15) is 19.3 Å². The van der Waals surface area contributed by atoms with Gasteiger partial charge in [-0.25, -0.2) is 0 Å². The van der Waals surface area contributed by atoms with Crippen molar-refractivity contribution in [3.63, 3.8) is 0 Å². The summed E-state index contributed by atoms with van der Waals surface area (Å²) in [6.45, 7) is 2.57. The zero-order chi connectivity index (χ0) is 12.8. The first-order chi connectivity index (χ1) is 8.79. The lowest BCUT2D eigenvalue weighted by Crippen LogP contribution is -2.37. The number of rotatable bonds is 5. The number of nitrogens with zero attached hydrogens (tertiary/aromatic N) is 1. The molecule has 1 amide bonds. The second kappa shape index (κ2) is 8.15. The minimum Gasteiger partial charge on any atom is -0.329 e. The van der Waals surface area contributed by atoms with Crippen molar-refractivity contribution in [2.75, 3.05) is 25.0 Å². The number of nitrogens with one attached hydrogen (secondary N) is 1. The largest absolute Gasteiger partial charge is 0.329 e. The molecule has 0 aliphatic carbocycles. The van der Waals surface area contributed by atoms with Crippen LogP contribution < -0.4 is 11.1 Å². The predicted molar refractivity (Wildman–Crippen MR) is 80.6 cm³/mol. The first-order valence-corrected chi connectivity index (χ1v) is 6.58. The van der Waals surface area contributed by atoms with Gasteiger partial charge in [-0.15, -0.1) is 12.4 Å². The van der Waals surface area contributed by atoms with Crippen LogP contribution in [0.25, 0.3) is 0 Å². The highest BCUT2D eigenvalue weighted by Crippen LogP contribution is 2.16. The van der Waals surface area contributed by atoms with E-state index in [1.54, 1.807) is 0 Å². The van der Waals surface area contributed by atoms with E-state index >= 15 is 0 Å². The summed E-state index contributed by atoms with van der Waals surface area (Å²) in [5.41, 5.74) is 6.57. The third-order valence-corrected chi connectivity index (χ3v) is 3.45. The third kappa shape index (κ3) is 4.82. The van der Waals surface area contributed by atoms with E-state index in [0.717, 1.165) is 25.2 Å². The van der Waals surface area contributed by atoms with Crippen LogP contribution in [0, 0.1) is 0 Å². The molecule has 1 saturated heterocycles. The zero-order valence-electron chi connectivity index (χ0n) is 11.0. The maximum Gasteiger partial charge on any atom is 0.225 e. The van der Waals surface area contributed by atoms with Gasteiger partial charge in [0.1, 0.15) is 0 Å². The molecule has 1 unspecified atom stereocenters. The van der Waals surface area contributed by atoms with Crippen molar-refractivity contribution in [1.29, 1.82) is 0 Å². The van der Waals surface area contributed by atoms with E-state index in [4.69, 9.17) is 5.73 Å². The lowest BCUT2D eigenvalue weighted by atomic mass is 10.2. The molecule has 1 atom stereocenters. The minimum atomic E-state index is 0. The Morgan fingerprint density at radius 2 is 2.11 bits per heavy atom. The van der Waals surface area contributed by atoms with Crippen molar-refractivity contribution in [2.24, 2.45) is 5.73 Å². The summed E-state index contributed by atoms with van der Waals surface area (Å²) < 4.78 is 0. The average molecular weight is 284 g/mol. The summed E-state index contributed by atoms with van der Waals surface area (Å²) in [4.78, 5) is 14.1. The summed E-state index contributed by atoms with van der Waals surface area (Å²) in [5.74, 6) is 0.0730. The number of anilines is 1. The van der Waals surface area contributed by atoms with Gasteiger partial charge >= 0.3 is 0 Å². The molecule has 0 spiro atoms. The van der Waals surface area contributed by atoms with Crippen molar-refractivity contribution in [1.82, 2.24) is 4.90 Å². The van der Waals surface area contributed by atoms with Gasteiger partial charge in [0, 0.05) is 31.2 Å². The summed E-state index contributed by atoms with van der Waals surface area (Å²) in [7, 11) is 0. The number of para-hydroxylation sites is 1. The Balaban J connectivity index is 0.00000180. The Kier molecular flexibility index (Phi) is 6.84. The van der Waals surface area contributed by atoms with Gasteiger partial charge in [0.2, 0.25) is 5.91 Å². The molecule has 5 heteroatoms. The van der Waals surface area contributed by atoms with Crippen LogP contribution in [0.2, 0.25) is 0 Å². The standard InChI is InChI=1S/C14H21N3O.ClH/c15-11-13-7-4-9-17(13)10-8-14(18)16-12-5-2-1-3-6-12;/h1-3,5-6,13H,4,7-11,15H2,(H,16,18);1H. The van der Waals surface area contributed by atoms with Crippen molar-refractivity contribution in [2.45, 2.75) is 25.3 Å². The van der Waals surface area contributed by atoms with Gasteiger partial charge in [0.15, 0.2) is 0 Å². The molecule has 1 heterocycles. The molecule has 0 radical (unpaired) electrons. The van der Waals surface area contributed by atoms with Gasteiger partial charge in [-0.1, -0.05) is 18.2 Å². The topological polar surface area (TPSA) is 58.4 Å². The lowest BCUT2D eigenvalue weighted by molar-refractivity contribution is -0.116. The maximum absolute atomic E-state index is 11.8. The molecule has 106 valence electrons. The Bertz CT molecular complexity index is 386. The molecular weight excluding hydrogens is 262 g/mol. The highest BCUT2D eigenvalue weighted by Gasteiger charge is 2.23. The lowest BCUT2D eigenvalue weighted by Gasteiger charge is -2.22. The SMILES string of the molecule is Cl.NCC1CCCN1CCC(=O)Nc1ccccc1. The van der Waals surface area contributed by atoms with E-state index in [9.17, 15) is 4.79 Å². The second-order valence-corrected chi connectivity index (χ2v) is 4.73. The molecule has 3 N–H and O–H groups in total. The quantitative estimate of drug-likeness (QED) is 0.867. The molecule has 1 aliphatic heterocycles. The number of hydrogen-bond acceptors (Lipinski definition) is 3. The van der Waals surface area contributed by atoms with Crippen LogP contribution in [0.5, 0.6) is 0 Å². The molecule has 4 nitrogen and oxygen atoms in total. The molecule has 0 bridgehead atoms. The number of amides is 1. The fourth-order valence-corrected chi connectivity index (χ4v) is 2.45. The second-order valence-electron chi connectivity index (χ2n) is 4.73. The van der Waals surface area contributed by atoms with Crippen molar-refractivity contribution < 1.29 is 4.79 Å². The Morgan fingerprint density at radius 3 is 2.79 bits per heavy atom. The predicted octanol–water partition coefficient (Wildman–Crippen LogP) is 1.86. The maximum atomic E-state index is 11.8. The highest BCUT2D eigenvalue weighted by atomic mass is 35.5. The third-order valence-electron chi connectivity index (χ3n) is 3.45. The number of carbonyl (C=O) groups excluding carboxylic acids is 1. The molecule has 0 saturated carbocycles. The fourth-order valence-electron chi connectivity index (χ4n) is 2.45. The number of nitrogens with two attached hydrogens (primary N) is 1. The Hall–Kier alpha value is -1.10. The van der Waals surface area contributed by atoms with E-state index < -0.39 is 0 Å². The Labute approximate surface area is 120 Å². The number of likely N-dealkylation sites (tertiary alicyclic amines) is 1. The van der Waals surface area contributed by atoms with E-state index in [0.29, 0.717) is 19.0 Å². The van der Waals surface area contributed by atoms with Crippen LogP contribution in [-0.2, 0) is 4.79 Å². The van der Waals surface area contributed by atoms with Crippen molar-refractivity contribution in [3.05, 3.63) is 30.3 Å². The van der Waals surface area contributed by atoms with Gasteiger partial charge in [0.25, 0.3) is 0 Å². The number of carbonyl (C=O) groups is 1. The summed E-state index contributed by atoms with van der Waals surface area (Å²) in [5, 5.41) is 2.90. The summed E-state index contributed by atoms with van der Waals surface area (Å²) in [6, 6.07) is 10.0. The monoisotopic (exact) mass is 283 g/mol. The van der Waals surface area contributed by atoms with Crippen LogP contribution in [0.3, 0.4) is 0 Å². The fraction of sp³-hybridized carbons (Fsp3) is 0.500. The van der Waals surface area contributed by atoms with Gasteiger partial charge in [0.05, 0.1) is 0 Å². The van der Waals surface area contributed by atoms with Crippen LogP contribution in [0.4, 0.5) is 5.69 Å². The van der Waals surface area contributed by atoms with E-state index in [1.165, 1.54) is 6.42 Å². The Morgan fingerprint density at radius 1 is 1.37 bits per heavy atom. The van der Waals surface area contributed by atoms with Gasteiger partial charge in [-0.3, -0.25) is 9.69 Å². The molecule has 1 aromatic rings. The zero-order valence-corrected chi connectivity index (χ0v) is 11.9. The van der Waals surface area contributed by atoms with E-state index in [1.807, 2.05) is 30.3 Å². The van der Waals surface area contributed by atoms with Crippen molar-refractivity contribution >= 4 is 24.0 Å². The average Bonchev–Trinajstić information content (AvgIpc) is 2.85. The van der Waals surface area contributed by atoms with Gasteiger partial charge in [-0.05, 0) is 31.5 Å². The van der Waals surface area contributed by atoms with E-state index in [2.05, 4.69) is 10.2 Å². The van der Waals surface area contributed by atoms with Crippen LogP contribution >= 0.6 is 12.4 Å². The number of hydrogen-bond donors (Lipinski definition) is 2. The van der Waals surface area contributed by atoms with Gasteiger partial charge < -0.3 is 11.1 Å². The van der Waals surface area contributed by atoms with Crippen LogP contribution in [0.15, 0.2) is 30.3 Å². The molecule has 1 aliphatic rings. The minimum absolute atomic E-state index is 0. The molecule has 0 aromatic heterocycles. The molecular formula is C14H22ClN3O. The molecule has 19 heavy (non-hydrogen) atoms. The van der Waals surface area contributed by atoms with Crippen LogP contribution in [-0.4, -0.2) is 36.5 Å². The smallest absolute Gasteiger partial charge is 0.225 e. The highest BCUT2D eigenvalue weighted by molar-refractivity contribution is 5.90. The molecule has 1 fully saturated rings. The number of halogens is 1.